The Morgan fingerprint density at radius 3 is 2.45 bits per heavy atom. The zero-order chi connectivity index (χ0) is 16.4. The molecule has 0 heterocycles. The number of amides is 1. The van der Waals surface area contributed by atoms with Crippen LogP contribution in [0.3, 0.4) is 0 Å². The second-order valence-electron chi connectivity index (χ2n) is 4.33. The van der Waals surface area contributed by atoms with Crippen LogP contribution in [-0.2, 0) is 19.1 Å². The Hall–Kier alpha value is -2.02. The van der Waals surface area contributed by atoms with E-state index in [0.717, 1.165) is 4.90 Å². The molecule has 1 rings (SSSR count). The molecule has 0 fully saturated rings. The average molecular weight is 325 g/mol. The van der Waals surface area contributed by atoms with Crippen LogP contribution in [0.25, 0.3) is 0 Å². The molecule has 0 aliphatic carbocycles. The van der Waals surface area contributed by atoms with Gasteiger partial charge in [-0.25, -0.2) is 4.79 Å². The van der Waals surface area contributed by atoms with Crippen LogP contribution in [0, 0.1) is 0 Å². The SMILES string of the molecule is COC(=O)CCCNC(=O)COC(=O)c1ccc(SC)cc1. The van der Waals surface area contributed by atoms with E-state index in [2.05, 4.69) is 10.1 Å². The minimum Gasteiger partial charge on any atom is -0.469 e. The Labute approximate surface area is 133 Å². The van der Waals surface area contributed by atoms with E-state index >= 15 is 0 Å². The number of carbonyl (C=O) groups is 3. The number of ether oxygens (including phenoxy) is 2. The molecule has 0 bridgehead atoms. The zero-order valence-electron chi connectivity index (χ0n) is 12.6. The number of esters is 2. The van der Waals surface area contributed by atoms with Crippen molar-refractivity contribution in [2.45, 2.75) is 17.7 Å². The molecule has 0 atom stereocenters. The summed E-state index contributed by atoms with van der Waals surface area (Å²) in [7, 11) is 1.31. The highest BCUT2D eigenvalue weighted by atomic mass is 32.2. The van der Waals surface area contributed by atoms with Gasteiger partial charge in [0, 0.05) is 17.9 Å². The largest absolute Gasteiger partial charge is 0.469 e. The number of hydrogen-bond acceptors (Lipinski definition) is 6. The van der Waals surface area contributed by atoms with Gasteiger partial charge < -0.3 is 14.8 Å². The molecule has 22 heavy (non-hydrogen) atoms. The van der Waals surface area contributed by atoms with Gasteiger partial charge >= 0.3 is 11.9 Å². The van der Waals surface area contributed by atoms with E-state index in [0.29, 0.717) is 18.5 Å². The van der Waals surface area contributed by atoms with Gasteiger partial charge in [-0.2, -0.15) is 0 Å². The standard InChI is InChI=1S/C15H19NO5S/c1-20-14(18)4-3-9-16-13(17)10-21-15(19)11-5-7-12(22-2)8-6-11/h5-8H,3-4,9-10H2,1-2H3,(H,16,17). The molecule has 0 spiro atoms. The van der Waals surface area contributed by atoms with Crippen LogP contribution in [0.1, 0.15) is 23.2 Å². The van der Waals surface area contributed by atoms with Crippen LogP contribution >= 0.6 is 11.8 Å². The molecular weight excluding hydrogens is 306 g/mol. The maximum Gasteiger partial charge on any atom is 0.338 e. The van der Waals surface area contributed by atoms with E-state index in [9.17, 15) is 14.4 Å². The van der Waals surface area contributed by atoms with Crippen molar-refractivity contribution in [3.05, 3.63) is 29.8 Å². The first-order valence-corrected chi connectivity index (χ1v) is 7.94. The number of carbonyl (C=O) groups excluding carboxylic acids is 3. The first-order chi connectivity index (χ1) is 10.6. The molecule has 1 N–H and O–H groups in total. The van der Waals surface area contributed by atoms with Crippen molar-refractivity contribution in [1.82, 2.24) is 5.32 Å². The van der Waals surface area contributed by atoms with Gasteiger partial charge in [-0.1, -0.05) is 0 Å². The van der Waals surface area contributed by atoms with Gasteiger partial charge in [0.15, 0.2) is 6.61 Å². The molecule has 7 heteroatoms. The first kappa shape index (κ1) is 18.0. The van der Waals surface area contributed by atoms with Gasteiger partial charge in [0.05, 0.1) is 12.7 Å². The van der Waals surface area contributed by atoms with Crippen LogP contribution in [0.2, 0.25) is 0 Å². The van der Waals surface area contributed by atoms with E-state index in [-0.39, 0.29) is 19.0 Å². The third kappa shape index (κ3) is 6.62. The van der Waals surface area contributed by atoms with Crippen molar-refractivity contribution < 1.29 is 23.9 Å². The summed E-state index contributed by atoms with van der Waals surface area (Å²) in [5.41, 5.74) is 0.399. The predicted octanol–water partition coefficient (Wildman–Crippen LogP) is 1.63. The van der Waals surface area contributed by atoms with Crippen molar-refractivity contribution in [3.63, 3.8) is 0 Å². The summed E-state index contributed by atoms with van der Waals surface area (Å²) >= 11 is 1.57. The highest BCUT2D eigenvalue weighted by Crippen LogP contribution is 2.15. The Bertz CT molecular complexity index is 515. The maximum absolute atomic E-state index is 11.7. The first-order valence-electron chi connectivity index (χ1n) is 6.71. The van der Waals surface area contributed by atoms with Crippen molar-refractivity contribution in [1.29, 1.82) is 0 Å². The maximum atomic E-state index is 11.7. The molecular formula is C15H19NO5S. The molecule has 0 unspecified atom stereocenters. The van der Waals surface area contributed by atoms with Crippen LogP contribution in [0.4, 0.5) is 0 Å². The quantitative estimate of drug-likeness (QED) is 0.444. The van der Waals surface area contributed by atoms with Gasteiger partial charge in [-0.05, 0) is 36.9 Å². The smallest absolute Gasteiger partial charge is 0.338 e. The Morgan fingerprint density at radius 2 is 1.86 bits per heavy atom. The molecule has 6 nitrogen and oxygen atoms in total. The van der Waals surface area contributed by atoms with Crippen molar-refractivity contribution in [3.8, 4) is 0 Å². The van der Waals surface area contributed by atoms with E-state index in [4.69, 9.17) is 4.74 Å². The number of benzene rings is 1. The summed E-state index contributed by atoms with van der Waals surface area (Å²) in [5.74, 6) is -1.27. The van der Waals surface area contributed by atoms with Gasteiger partial charge in [0.1, 0.15) is 0 Å². The van der Waals surface area contributed by atoms with Gasteiger partial charge in [0.25, 0.3) is 5.91 Å². The van der Waals surface area contributed by atoms with Gasteiger partial charge in [-0.3, -0.25) is 9.59 Å². The molecule has 0 radical (unpaired) electrons. The number of rotatable bonds is 8. The molecule has 1 aromatic carbocycles. The lowest BCUT2D eigenvalue weighted by Crippen LogP contribution is -2.29. The fraction of sp³-hybridized carbons (Fsp3) is 0.400. The molecule has 0 saturated carbocycles. The minimum absolute atomic E-state index is 0.234. The summed E-state index contributed by atoms with van der Waals surface area (Å²) in [6.45, 7) is -0.0186. The lowest BCUT2D eigenvalue weighted by molar-refractivity contribution is -0.140. The third-order valence-electron chi connectivity index (χ3n) is 2.77. The van der Waals surface area contributed by atoms with Gasteiger partial charge in [0.2, 0.25) is 0 Å². The van der Waals surface area contributed by atoms with Crippen molar-refractivity contribution >= 4 is 29.6 Å². The minimum atomic E-state index is -0.544. The van der Waals surface area contributed by atoms with E-state index in [1.165, 1.54) is 7.11 Å². The molecule has 0 saturated heterocycles. The van der Waals surface area contributed by atoms with E-state index in [1.807, 2.05) is 18.4 Å². The van der Waals surface area contributed by atoms with Crippen LogP contribution in [0.5, 0.6) is 0 Å². The van der Waals surface area contributed by atoms with Crippen LogP contribution in [0.15, 0.2) is 29.2 Å². The summed E-state index contributed by atoms with van der Waals surface area (Å²) in [6.07, 6.45) is 2.65. The Morgan fingerprint density at radius 1 is 1.18 bits per heavy atom. The van der Waals surface area contributed by atoms with E-state index in [1.54, 1.807) is 23.9 Å². The Kier molecular flexibility index (Phi) is 8.06. The molecule has 1 aromatic rings. The third-order valence-corrected chi connectivity index (χ3v) is 3.51. The summed E-state index contributed by atoms with van der Waals surface area (Å²) < 4.78 is 9.39. The molecule has 0 aliphatic rings. The number of nitrogens with one attached hydrogen (secondary N) is 1. The zero-order valence-corrected chi connectivity index (χ0v) is 13.4. The van der Waals surface area contributed by atoms with Crippen molar-refractivity contribution in [2.24, 2.45) is 0 Å². The average Bonchev–Trinajstić information content (AvgIpc) is 2.56. The summed E-state index contributed by atoms with van der Waals surface area (Å²) in [6, 6.07) is 6.94. The lowest BCUT2D eigenvalue weighted by atomic mass is 10.2. The fourth-order valence-electron chi connectivity index (χ4n) is 1.56. The normalized spacial score (nSPS) is 9.91. The van der Waals surface area contributed by atoms with Crippen molar-refractivity contribution in [2.75, 3.05) is 26.5 Å². The second kappa shape index (κ2) is 9.83. The molecule has 0 aliphatic heterocycles. The topological polar surface area (TPSA) is 81.7 Å². The van der Waals surface area contributed by atoms with Crippen LogP contribution in [-0.4, -0.2) is 44.4 Å². The highest BCUT2D eigenvalue weighted by Gasteiger charge is 2.10. The summed E-state index contributed by atoms with van der Waals surface area (Å²) in [5, 5.41) is 2.56. The predicted molar refractivity (Wildman–Crippen MR) is 82.8 cm³/mol. The lowest BCUT2D eigenvalue weighted by Gasteiger charge is -2.06. The van der Waals surface area contributed by atoms with E-state index < -0.39 is 11.9 Å². The second-order valence-corrected chi connectivity index (χ2v) is 5.21. The molecule has 120 valence electrons. The monoisotopic (exact) mass is 325 g/mol. The highest BCUT2D eigenvalue weighted by molar-refractivity contribution is 7.98. The number of thioether (sulfide) groups is 1. The molecule has 0 aromatic heterocycles. The summed E-state index contributed by atoms with van der Waals surface area (Å²) in [4.78, 5) is 35.1. The number of methoxy groups -OCH3 is 1. The molecule has 1 amide bonds. The Balaban J connectivity index is 2.25. The van der Waals surface area contributed by atoms with Gasteiger partial charge in [-0.15, -0.1) is 11.8 Å². The number of hydrogen-bond donors (Lipinski definition) is 1. The fourth-order valence-corrected chi connectivity index (χ4v) is 1.96. The van der Waals surface area contributed by atoms with Crippen LogP contribution < -0.4 is 5.32 Å².